The van der Waals surface area contributed by atoms with Gasteiger partial charge in [0.15, 0.2) is 12.4 Å². The molecule has 0 saturated carbocycles. The molecule has 1 N–H and O–H groups in total. The van der Waals surface area contributed by atoms with E-state index in [-0.39, 0.29) is 18.8 Å². The Balaban J connectivity index is 1.78. The molecule has 2 aromatic rings. The fourth-order valence-electron chi connectivity index (χ4n) is 3.53. The largest absolute Gasteiger partial charge is 0.457 e. The number of hydrogen-bond donors (Lipinski definition) is 1. The van der Waals surface area contributed by atoms with Gasteiger partial charge in [-0.05, 0) is 56.9 Å². The standard InChI is InChI=1S/C23H26BrNO4S/c1-22(2,3)30(28)25-23(12-11-17-13-18(24)9-10-19(17)23)14-21(27)29-15-20(26)16-7-5-4-6-8-16/h4-10,13,25H,11-12,14-15H2,1-3H3/t23-,30+/m0/s1. The molecule has 0 aromatic heterocycles. The molecule has 0 heterocycles. The first kappa shape index (κ1) is 22.8. The second-order valence-corrected chi connectivity index (χ2v) is 11.4. The second kappa shape index (κ2) is 9.12. The van der Waals surface area contributed by atoms with Gasteiger partial charge < -0.3 is 4.74 Å². The summed E-state index contributed by atoms with van der Waals surface area (Å²) in [6, 6.07) is 14.7. The number of Topliss-reactive ketones (excluding diaryl/α,β-unsaturated/α-hetero) is 1. The molecule has 0 spiro atoms. The molecule has 160 valence electrons. The summed E-state index contributed by atoms with van der Waals surface area (Å²) in [6.07, 6.45) is 1.40. The summed E-state index contributed by atoms with van der Waals surface area (Å²) in [4.78, 5) is 25.0. The Morgan fingerprint density at radius 2 is 1.87 bits per heavy atom. The van der Waals surface area contributed by atoms with E-state index in [1.807, 2.05) is 45.0 Å². The van der Waals surface area contributed by atoms with Crippen LogP contribution < -0.4 is 4.72 Å². The van der Waals surface area contributed by atoms with Gasteiger partial charge in [0.05, 0.1) is 27.7 Å². The minimum absolute atomic E-state index is 0.00548. The Morgan fingerprint density at radius 3 is 2.53 bits per heavy atom. The van der Waals surface area contributed by atoms with Gasteiger partial charge in [-0.15, -0.1) is 0 Å². The third kappa shape index (κ3) is 5.25. The van der Waals surface area contributed by atoms with E-state index < -0.39 is 27.2 Å². The summed E-state index contributed by atoms with van der Waals surface area (Å²) in [5, 5.41) is 0. The number of esters is 1. The molecule has 5 nitrogen and oxygen atoms in total. The van der Waals surface area contributed by atoms with Crippen molar-refractivity contribution in [2.45, 2.75) is 50.3 Å². The smallest absolute Gasteiger partial charge is 0.308 e. The number of nitrogens with one attached hydrogen (secondary N) is 1. The van der Waals surface area contributed by atoms with Crippen molar-refractivity contribution in [2.75, 3.05) is 6.61 Å². The first-order chi connectivity index (χ1) is 14.1. The van der Waals surface area contributed by atoms with Gasteiger partial charge >= 0.3 is 5.97 Å². The van der Waals surface area contributed by atoms with Crippen molar-refractivity contribution in [2.24, 2.45) is 0 Å². The number of fused-ring (bicyclic) bond motifs is 1. The maximum Gasteiger partial charge on any atom is 0.308 e. The molecule has 0 unspecified atom stereocenters. The van der Waals surface area contributed by atoms with Gasteiger partial charge in [-0.2, -0.15) is 0 Å². The highest BCUT2D eigenvalue weighted by atomic mass is 79.9. The lowest BCUT2D eigenvalue weighted by Crippen LogP contribution is -2.48. The highest BCUT2D eigenvalue weighted by Crippen LogP contribution is 2.41. The quantitative estimate of drug-likeness (QED) is 0.458. The van der Waals surface area contributed by atoms with E-state index in [9.17, 15) is 13.8 Å². The van der Waals surface area contributed by atoms with Crippen LogP contribution in [0.5, 0.6) is 0 Å². The number of hydrogen-bond acceptors (Lipinski definition) is 4. The van der Waals surface area contributed by atoms with Crippen molar-refractivity contribution in [1.82, 2.24) is 4.72 Å². The predicted octanol–water partition coefficient (Wildman–Crippen LogP) is 4.46. The van der Waals surface area contributed by atoms with Crippen molar-refractivity contribution < 1.29 is 18.5 Å². The first-order valence-corrected chi connectivity index (χ1v) is 11.8. The van der Waals surface area contributed by atoms with Crippen LogP contribution in [-0.4, -0.2) is 27.3 Å². The Labute approximate surface area is 188 Å². The van der Waals surface area contributed by atoms with E-state index in [2.05, 4.69) is 20.7 Å². The molecule has 2 atom stereocenters. The molecule has 0 radical (unpaired) electrons. The topological polar surface area (TPSA) is 72.5 Å². The molecule has 1 aliphatic carbocycles. The van der Waals surface area contributed by atoms with Gasteiger partial charge in [0, 0.05) is 10.0 Å². The van der Waals surface area contributed by atoms with Gasteiger partial charge in [-0.1, -0.05) is 52.3 Å². The van der Waals surface area contributed by atoms with Crippen LogP contribution in [-0.2, 0) is 32.5 Å². The van der Waals surface area contributed by atoms with E-state index >= 15 is 0 Å². The third-order valence-corrected chi connectivity index (χ3v) is 7.34. The zero-order chi connectivity index (χ0) is 21.9. The van der Waals surface area contributed by atoms with E-state index in [0.29, 0.717) is 12.0 Å². The normalized spacial score (nSPS) is 19.2. The molecule has 3 rings (SSSR count). The van der Waals surface area contributed by atoms with Crippen LogP contribution in [0, 0.1) is 0 Å². The van der Waals surface area contributed by atoms with Crippen LogP contribution in [0.15, 0.2) is 53.0 Å². The minimum atomic E-state index is -1.37. The lowest BCUT2D eigenvalue weighted by molar-refractivity contribution is -0.144. The lowest BCUT2D eigenvalue weighted by Gasteiger charge is -2.33. The summed E-state index contributed by atoms with van der Waals surface area (Å²) in [5.41, 5.74) is 1.77. The van der Waals surface area contributed by atoms with E-state index in [4.69, 9.17) is 4.74 Å². The average molecular weight is 492 g/mol. The fourth-order valence-corrected chi connectivity index (χ4v) is 4.88. The number of ketones is 1. The average Bonchev–Trinajstić information content (AvgIpc) is 3.03. The molecule has 30 heavy (non-hydrogen) atoms. The Kier molecular flexibility index (Phi) is 6.95. The summed E-state index contributed by atoms with van der Waals surface area (Å²) in [6.45, 7) is 5.35. The molecule has 0 aliphatic heterocycles. The third-order valence-electron chi connectivity index (χ3n) is 5.15. The number of carbonyl (C=O) groups is 2. The molecule has 0 fully saturated rings. The van der Waals surface area contributed by atoms with Crippen molar-refractivity contribution in [3.8, 4) is 0 Å². The fraction of sp³-hybridized carbons (Fsp3) is 0.391. The van der Waals surface area contributed by atoms with Crippen molar-refractivity contribution in [1.29, 1.82) is 0 Å². The highest BCUT2D eigenvalue weighted by Gasteiger charge is 2.43. The van der Waals surface area contributed by atoms with Crippen LogP contribution in [0.3, 0.4) is 0 Å². The molecular weight excluding hydrogens is 466 g/mol. The molecular formula is C23H26BrNO4S. The number of rotatable bonds is 7. The molecule has 0 bridgehead atoms. The zero-order valence-corrected chi connectivity index (χ0v) is 19.8. The number of carbonyl (C=O) groups excluding carboxylic acids is 2. The van der Waals surface area contributed by atoms with Crippen LogP contribution in [0.1, 0.15) is 55.1 Å². The molecule has 0 amide bonds. The number of halogens is 1. The highest BCUT2D eigenvalue weighted by molar-refractivity contribution is 9.10. The number of ether oxygens (including phenoxy) is 1. The van der Waals surface area contributed by atoms with Crippen molar-refractivity contribution in [3.05, 3.63) is 69.7 Å². The van der Waals surface area contributed by atoms with Crippen molar-refractivity contribution >= 4 is 38.7 Å². The van der Waals surface area contributed by atoms with Crippen LogP contribution >= 0.6 is 15.9 Å². The molecule has 7 heteroatoms. The van der Waals surface area contributed by atoms with Crippen LogP contribution in [0.2, 0.25) is 0 Å². The minimum Gasteiger partial charge on any atom is -0.457 e. The van der Waals surface area contributed by atoms with E-state index in [1.165, 1.54) is 0 Å². The summed E-state index contributed by atoms with van der Waals surface area (Å²) in [5.74, 6) is -0.742. The maximum absolute atomic E-state index is 12.9. The first-order valence-electron chi connectivity index (χ1n) is 9.83. The number of aryl methyl sites for hydroxylation is 1. The molecule has 2 aromatic carbocycles. The van der Waals surface area contributed by atoms with E-state index in [1.54, 1.807) is 24.3 Å². The predicted molar refractivity (Wildman–Crippen MR) is 122 cm³/mol. The second-order valence-electron chi connectivity index (χ2n) is 8.49. The monoisotopic (exact) mass is 491 g/mol. The Bertz CT molecular complexity index is 971. The Morgan fingerprint density at radius 1 is 1.17 bits per heavy atom. The van der Waals surface area contributed by atoms with Gasteiger partial charge in [0.1, 0.15) is 0 Å². The SMILES string of the molecule is CC(C)(C)[S@@](=O)N[C@]1(CC(=O)OCC(=O)c2ccccc2)CCc2cc(Br)ccc21. The zero-order valence-electron chi connectivity index (χ0n) is 17.4. The lowest BCUT2D eigenvalue weighted by atomic mass is 9.89. The summed E-state index contributed by atoms with van der Waals surface area (Å²) in [7, 11) is -1.37. The summed E-state index contributed by atoms with van der Waals surface area (Å²) < 4.78 is 21.9. The number of benzene rings is 2. The Hall–Kier alpha value is -1.83. The van der Waals surface area contributed by atoms with Gasteiger partial charge in [-0.3, -0.25) is 9.59 Å². The summed E-state index contributed by atoms with van der Waals surface area (Å²) >= 11 is 3.49. The van der Waals surface area contributed by atoms with Crippen LogP contribution in [0.4, 0.5) is 0 Å². The van der Waals surface area contributed by atoms with Gasteiger partial charge in [-0.25, -0.2) is 8.93 Å². The van der Waals surface area contributed by atoms with Crippen molar-refractivity contribution in [3.63, 3.8) is 0 Å². The maximum atomic E-state index is 12.9. The van der Waals surface area contributed by atoms with Crippen LogP contribution in [0.25, 0.3) is 0 Å². The molecule has 1 aliphatic rings. The molecule has 0 saturated heterocycles. The van der Waals surface area contributed by atoms with Gasteiger partial charge in [0.2, 0.25) is 0 Å². The van der Waals surface area contributed by atoms with Gasteiger partial charge in [0.25, 0.3) is 0 Å². The van der Waals surface area contributed by atoms with E-state index in [0.717, 1.165) is 22.0 Å².